The van der Waals surface area contributed by atoms with Crippen molar-refractivity contribution in [3.63, 3.8) is 0 Å². The van der Waals surface area contributed by atoms with Crippen LogP contribution < -0.4 is 0 Å². The SMILES string of the molecule is N#C/C=C/c1c(-c2ccc(Cl)cc2)nc2ccc(Br)cn12. The average Bonchev–Trinajstić information content (AvgIpc) is 2.83. The summed E-state index contributed by atoms with van der Waals surface area (Å²) in [6.07, 6.45) is 5.14. The number of aromatic nitrogens is 2. The van der Waals surface area contributed by atoms with Gasteiger partial charge in [0.15, 0.2) is 0 Å². The van der Waals surface area contributed by atoms with Gasteiger partial charge in [-0.15, -0.1) is 0 Å². The van der Waals surface area contributed by atoms with E-state index in [4.69, 9.17) is 16.9 Å². The van der Waals surface area contributed by atoms with Crippen LogP contribution in [0, 0.1) is 11.3 Å². The fourth-order valence-corrected chi connectivity index (χ4v) is 2.60. The highest BCUT2D eigenvalue weighted by molar-refractivity contribution is 9.10. The molecule has 0 unspecified atom stereocenters. The van der Waals surface area contributed by atoms with Gasteiger partial charge in [0.2, 0.25) is 0 Å². The summed E-state index contributed by atoms with van der Waals surface area (Å²) in [5.41, 5.74) is 3.45. The molecule has 3 aromatic rings. The van der Waals surface area contributed by atoms with Crippen LogP contribution in [0.5, 0.6) is 0 Å². The number of allylic oxidation sites excluding steroid dienone is 1. The molecule has 0 saturated carbocycles. The summed E-state index contributed by atoms with van der Waals surface area (Å²) in [6.45, 7) is 0. The molecule has 0 fully saturated rings. The van der Waals surface area contributed by atoms with E-state index < -0.39 is 0 Å². The molecule has 1 aromatic carbocycles. The number of rotatable bonds is 2. The van der Waals surface area contributed by atoms with Gasteiger partial charge in [0.05, 0.1) is 17.5 Å². The van der Waals surface area contributed by atoms with Crippen molar-refractivity contribution in [3.8, 4) is 17.3 Å². The number of nitriles is 1. The van der Waals surface area contributed by atoms with E-state index in [2.05, 4.69) is 20.9 Å². The zero-order valence-corrected chi connectivity index (χ0v) is 13.1. The number of hydrogen-bond acceptors (Lipinski definition) is 2. The Bertz CT molecular complexity index is 873. The van der Waals surface area contributed by atoms with Gasteiger partial charge in [0, 0.05) is 27.3 Å². The van der Waals surface area contributed by atoms with Crippen molar-refractivity contribution in [2.45, 2.75) is 0 Å². The van der Waals surface area contributed by atoms with Crippen LogP contribution in [-0.4, -0.2) is 9.38 Å². The van der Waals surface area contributed by atoms with E-state index in [0.717, 1.165) is 27.1 Å². The summed E-state index contributed by atoms with van der Waals surface area (Å²) < 4.78 is 2.89. The first-order valence-corrected chi connectivity index (χ1v) is 7.36. The normalized spacial score (nSPS) is 11.1. The quantitative estimate of drug-likeness (QED) is 0.608. The molecule has 0 spiro atoms. The van der Waals surface area contributed by atoms with Crippen LogP contribution in [0.1, 0.15) is 5.69 Å². The first-order valence-electron chi connectivity index (χ1n) is 6.19. The second-order valence-corrected chi connectivity index (χ2v) is 5.74. The van der Waals surface area contributed by atoms with E-state index in [1.54, 1.807) is 6.08 Å². The lowest BCUT2D eigenvalue weighted by molar-refractivity contribution is 1.16. The van der Waals surface area contributed by atoms with Crippen molar-refractivity contribution in [1.82, 2.24) is 9.38 Å². The molecule has 21 heavy (non-hydrogen) atoms. The lowest BCUT2D eigenvalue weighted by Gasteiger charge is -2.01. The van der Waals surface area contributed by atoms with Gasteiger partial charge in [-0.2, -0.15) is 5.26 Å². The van der Waals surface area contributed by atoms with Crippen LogP contribution in [0.25, 0.3) is 23.0 Å². The van der Waals surface area contributed by atoms with Crippen molar-refractivity contribution in [1.29, 1.82) is 5.26 Å². The monoisotopic (exact) mass is 357 g/mol. The lowest BCUT2D eigenvalue weighted by Crippen LogP contribution is -1.88. The van der Waals surface area contributed by atoms with Crippen LogP contribution in [0.15, 0.2) is 53.1 Å². The number of nitrogens with zero attached hydrogens (tertiary/aromatic N) is 3. The Labute approximate surface area is 135 Å². The molecule has 0 aliphatic heterocycles. The van der Waals surface area contributed by atoms with E-state index in [-0.39, 0.29) is 0 Å². The van der Waals surface area contributed by atoms with Crippen molar-refractivity contribution in [2.24, 2.45) is 0 Å². The number of halogens is 2. The number of benzene rings is 1. The van der Waals surface area contributed by atoms with Crippen LogP contribution >= 0.6 is 27.5 Å². The molecule has 102 valence electrons. The molecule has 0 aliphatic rings. The van der Waals surface area contributed by atoms with Gasteiger partial charge in [-0.1, -0.05) is 23.7 Å². The summed E-state index contributed by atoms with van der Waals surface area (Å²) in [4.78, 5) is 4.64. The minimum Gasteiger partial charge on any atom is -0.298 e. The van der Waals surface area contributed by atoms with Crippen LogP contribution in [0.3, 0.4) is 0 Å². The Hall–Kier alpha value is -2.09. The second-order valence-electron chi connectivity index (χ2n) is 4.39. The minimum atomic E-state index is 0.680. The zero-order chi connectivity index (χ0) is 14.8. The van der Waals surface area contributed by atoms with Crippen molar-refractivity contribution >= 4 is 39.3 Å². The molecular weight excluding hydrogens is 350 g/mol. The molecule has 0 bridgehead atoms. The van der Waals surface area contributed by atoms with Gasteiger partial charge >= 0.3 is 0 Å². The van der Waals surface area contributed by atoms with Gasteiger partial charge in [0.25, 0.3) is 0 Å². The van der Waals surface area contributed by atoms with E-state index in [9.17, 15) is 0 Å². The molecule has 0 amide bonds. The number of fused-ring (bicyclic) bond motifs is 1. The summed E-state index contributed by atoms with van der Waals surface area (Å²) in [7, 11) is 0. The number of hydrogen-bond donors (Lipinski definition) is 0. The highest BCUT2D eigenvalue weighted by atomic mass is 79.9. The van der Waals surface area contributed by atoms with Gasteiger partial charge in [0.1, 0.15) is 5.65 Å². The number of imidazole rings is 1. The molecular formula is C16H9BrClN3. The third-order valence-electron chi connectivity index (χ3n) is 3.05. The van der Waals surface area contributed by atoms with Gasteiger partial charge in [-0.3, -0.25) is 4.40 Å². The maximum atomic E-state index is 8.80. The van der Waals surface area contributed by atoms with E-state index in [1.165, 1.54) is 6.08 Å². The fourth-order valence-electron chi connectivity index (χ4n) is 2.13. The largest absolute Gasteiger partial charge is 0.298 e. The second kappa shape index (κ2) is 5.72. The van der Waals surface area contributed by atoms with Crippen LogP contribution in [0.4, 0.5) is 0 Å². The fraction of sp³-hybridized carbons (Fsp3) is 0. The summed E-state index contributed by atoms with van der Waals surface area (Å²) in [6, 6.07) is 13.4. The highest BCUT2D eigenvalue weighted by Crippen LogP contribution is 2.27. The zero-order valence-electron chi connectivity index (χ0n) is 10.8. The minimum absolute atomic E-state index is 0.680. The van der Waals surface area contributed by atoms with Crippen molar-refractivity contribution in [3.05, 3.63) is 63.9 Å². The molecule has 0 radical (unpaired) electrons. The summed E-state index contributed by atoms with van der Waals surface area (Å²) in [5, 5.41) is 9.48. The Kier molecular flexibility index (Phi) is 3.78. The third kappa shape index (κ3) is 2.71. The third-order valence-corrected chi connectivity index (χ3v) is 3.77. The number of pyridine rings is 1. The molecule has 0 N–H and O–H groups in total. The molecule has 0 saturated heterocycles. The molecule has 2 aromatic heterocycles. The Morgan fingerprint density at radius 3 is 2.67 bits per heavy atom. The molecule has 0 aliphatic carbocycles. The lowest BCUT2D eigenvalue weighted by atomic mass is 10.1. The standard InChI is InChI=1S/C16H9BrClN3/c17-12-5-8-15-20-16(11-3-6-13(18)7-4-11)14(2-1-9-19)21(15)10-12/h1-8,10H/b2-1+. The topological polar surface area (TPSA) is 41.1 Å². The van der Waals surface area contributed by atoms with Crippen LogP contribution in [0.2, 0.25) is 5.02 Å². The van der Waals surface area contributed by atoms with Crippen molar-refractivity contribution in [2.75, 3.05) is 0 Å². The summed E-state index contributed by atoms with van der Waals surface area (Å²) >= 11 is 9.39. The predicted octanol–water partition coefficient (Wildman–Crippen LogP) is 4.95. The molecule has 3 rings (SSSR count). The van der Waals surface area contributed by atoms with Crippen LogP contribution in [-0.2, 0) is 0 Å². The predicted molar refractivity (Wildman–Crippen MR) is 88.0 cm³/mol. The van der Waals surface area contributed by atoms with Gasteiger partial charge < -0.3 is 0 Å². The Morgan fingerprint density at radius 1 is 1.19 bits per heavy atom. The first kappa shape index (κ1) is 13.9. The highest BCUT2D eigenvalue weighted by Gasteiger charge is 2.12. The Morgan fingerprint density at radius 2 is 1.95 bits per heavy atom. The Balaban J connectivity index is 2.28. The van der Waals surface area contributed by atoms with Crippen molar-refractivity contribution < 1.29 is 0 Å². The maximum Gasteiger partial charge on any atom is 0.138 e. The van der Waals surface area contributed by atoms with E-state index in [1.807, 2.05) is 53.1 Å². The van der Waals surface area contributed by atoms with E-state index >= 15 is 0 Å². The van der Waals surface area contributed by atoms with Gasteiger partial charge in [-0.25, -0.2) is 4.98 Å². The molecule has 2 heterocycles. The summed E-state index contributed by atoms with van der Waals surface area (Å²) in [5.74, 6) is 0. The molecule has 5 heteroatoms. The molecule has 0 atom stereocenters. The average molecular weight is 359 g/mol. The molecule has 3 nitrogen and oxygen atoms in total. The van der Waals surface area contributed by atoms with Gasteiger partial charge in [-0.05, 0) is 46.3 Å². The van der Waals surface area contributed by atoms with E-state index in [0.29, 0.717) is 5.02 Å². The first-order chi connectivity index (χ1) is 10.2. The maximum absolute atomic E-state index is 8.80. The smallest absolute Gasteiger partial charge is 0.138 e.